The first-order valence-corrected chi connectivity index (χ1v) is 8.36. The van der Waals surface area contributed by atoms with Crippen LogP contribution in [0.2, 0.25) is 0 Å². The summed E-state index contributed by atoms with van der Waals surface area (Å²) in [5, 5.41) is 10.0. The second-order valence-corrected chi connectivity index (χ2v) is 6.33. The number of para-hydroxylation sites is 1. The zero-order valence-corrected chi connectivity index (χ0v) is 13.4. The molecule has 1 N–H and O–H groups in total. The third kappa shape index (κ3) is 2.87. The van der Waals surface area contributed by atoms with Crippen molar-refractivity contribution in [1.29, 1.82) is 0 Å². The number of H-pyrrole nitrogens is 1. The molecule has 0 bridgehead atoms. The van der Waals surface area contributed by atoms with Crippen molar-refractivity contribution in [3.8, 4) is 11.5 Å². The number of hydrogen-bond acceptors (Lipinski definition) is 4. The topological polar surface area (TPSA) is 54.7 Å². The number of nitrogens with one attached hydrogen (secondary N) is 1. The zero-order valence-electron chi connectivity index (χ0n) is 12.6. The normalized spacial score (nSPS) is 11.2. The molecule has 4 aromatic rings. The summed E-state index contributed by atoms with van der Waals surface area (Å²) in [4.78, 5) is 3.23. The first-order chi connectivity index (χ1) is 11.3. The Hall–Kier alpha value is -2.53. The van der Waals surface area contributed by atoms with Crippen LogP contribution in [-0.2, 0) is 5.75 Å². The van der Waals surface area contributed by atoms with Crippen LogP contribution >= 0.6 is 11.8 Å². The van der Waals surface area contributed by atoms with Gasteiger partial charge in [-0.05, 0) is 18.6 Å². The van der Waals surface area contributed by atoms with E-state index in [1.807, 2.05) is 30.5 Å². The lowest BCUT2D eigenvalue weighted by Crippen LogP contribution is -1.81. The zero-order chi connectivity index (χ0) is 15.6. The maximum Gasteiger partial charge on any atom is 0.277 e. The van der Waals surface area contributed by atoms with Gasteiger partial charge in [-0.1, -0.05) is 59.8 Å². The molecular formula is C18H15N3OS. The Kier molecular flexibility index (Phi) is 3.63. The van der Waals surface area contributed by atoms with E-state index in [9.17, 15) is 0 Å². The minimum atomic E-state index is 0.550. The van der Waals surface area contributed by atoms with Gasteiger partial charge in [0, 0.05) is 22.9 Å². The van der Waals surface area contributed by atoms with Gasteiger partial charge in [0.15, 0.2) is 0 Å². The maximum atomic E-state index is 5.81. The summed E-state index contributed by atoms with van der Waals surface area (Å²) in [5.41, 5.74) is 4.51. The van der Waals surface area contributed by atoms with Gasteiger partial charge in [-0.15, -0.1) is 10.2 Å². The standard InChI is InChI=1S/C18H15N3OS/c1-12-5-4-6-13(9-12)11-23-18-21-20-17(22-18)15-10-19-16-8-3-2-7-14(15)16/h2-10,19H,11H2,1H3. The molecule has 0 aliphatic heterocycles. The molecule has 0 aliphatic rings. The second kappa shape index (κ2) is 5.93. The molecule has 2 heterocycles. The van der Waals surface area contributed by atoms with E-state index in [1.165, 1.54) is 11.1 Å². The highest BCUT2D eigenvalue weighted by atomic mass is 32.2. The molecule has 0 spiro atoms. The minimum Gasteiger partial charge on any atom is -0.411 e. The SMILES string of the molecule is Cc1cccc(CSc2nnc(-c3c[nH]c4ccccc34)o2)c1. The lowest BCUT2D eigenvalue weighted by molar-refractivity contribution is 0.466. The van der Waals surface area contributed by atoms with Gasteiger partial charge in [0.2, 0.25) is 0 Å². The second-order valence-electron chi connectivity index (χ2n) is 5.40. The van der Waals surface area contributed by atoms with Crippen molar-refractivity contribution in [2.45, 2.75) is 17.9 Å². The maximum absolute atomic E-state index is 5.81. The molecule has 114 valence electrons. The van der Waals surface area contributed by atoms with Crippen molar-refractivity contribution in [3.05, 3.63) is 65.9 Å². The molecule has 2 aromatic heterocycles. The van der Waals surface area contributed by atoms with Gasteiger partial charge in [-0.25, -0.2) is 0 Å². The van der Waals surface area contributed by atoms with E-state index >= 15 is 0 Å². The van der Waals surface area contributed by atoms with Crippen LogP contribution in [0.15, 0.2) is 64.4 Å². The average Bonchev–Trinajstić information content (AvgIpc) is 3.19. The van der Waals surface area contributed by atoms with E-state index in [2.05, 4.69) is 46.4 Å². The van der Waals surface area contributed by atoms with E-state index in [0.29, 0.717) is 11.1 Å². The quantitative estimate of drug-likeness (QED) is 0.548. The average molecular weight is 321 g/mol. The molecule has 23 heavy (non-hydrogen) atoms. The van der Waals surface area contributed by atoms with Crippen molar-refractivity contribution < 1.29 is 4.42 Å². The number of aryl methyl sites for hydroxylation is 1. The van der Waals surface area contributed by atoms with Crippen LogP contribution in [0.5, 0.6) is 0 Å². The Balaban J connectivity index is 1.55. The first kappa shape index (κ1) is 14.1. The Morgan fingerprint density at radius 1 is 1.09 bits per heavy atom. The van der Waals surface area contributed by atoms with E-state index in [4.69, 9.17) is 4.42 Å². The fraction of sp³-hybridized carbons (Fsp3) is 0.111. The van der Waals surface area contributed by atoms with Gasteiger partial charge in [-0.2, -0.15) is 0 Å². The smallest absolute Gasteiger partial charge is 0.277 e. The number of benzene rings is 2. The number of nitrogens with zero attached hydrogens (tertiary/aromatic N) is 2. The van der Waals surface area contributed by atoms with Gasteiger partial charge < -0.3 is 9.40 Å². The van der Waals surface area contributed by atoms with Gasteiger partial charge in [-0.3, -0.25) is 0 Å². The summed E-state index contributed by atoms with van der Waals surface area (Å²) >= 11 is 1.56. The molecule has 0 atom stereocenters. The molecule has 0 aliphatic carbocycles. The molecule has 0 saturated heterocycles. The Bertz CT molecular complexity index is 957. The number of rotatable bonds is 4. The monoisotopic (exact) mass is 321 g/mol. The van der Waals surface area contributed by atoms with Gasteiger partial charge in [0.1, 0.15) is 0 Å². The van der Waals surface area contributed by atoms with E-state index in [-0.39, 0.29) is 0 Å². The van der Waals surface area contributed by atoms with E-state index < -0.39 is 0 Å². The minimum absolute atomic E-state index is 0.550. The highest BCUT2D eigenvalue weighted by Crippen LogP contribution is 2.30. The summed E-state index contributed by atoms with van der Waals surface area (Å²) in [6.07, 6.45) is 1.91. The molecule has 5 heteroatoms. The van der Waals surface area contributed by atoms with Crippen molar-refractivity contribution in [1.82, 2.24) is 15.2 Å². The molecule has 0 fully saturated rings. The highest BCUT2D eigenvalue weighted by molar-refractivity contribution is 7.98. The molecule has 0 amide bonds. The van der Waals surface area contributed by atoms with Gasteiger partial charge >= 0.3 is 0 Å². The Morgan fingerprint density at radius 2 is 2.00 bits per heavy atom. The number of aromatic amines is 1. The molecule has 4 nitrogen and oxygen atoms in total. The Morgan fingerprint density at radius 3 is 2.91 bits per heavy atom. The summed E-state index contributed by atoms with van der Waals surface area (Å²) in [5.74, 6) is 1.37. The van der Waals surface area contributed by atoms with Crippen molar-refractivity contribution in [2.75, 3.05) is 0 Å². The Labute approximate surface area is 137 Å². The molecule has 0 saturated carbocycles. The predicted molar refractivity (Wildman–Crippen MR) is 92.3 cm³/mol. The summed E-state index contributed by atoms with van der Waals surface area (Å²) in [6, 6.07) is 16.5. The lowest BCUT2D eigenvalue weighted by atomic mass is 10.2. The highest BCUT2D eigenvalue weighted by Gasteiger charge is 2.13. The third-order valence-electron chi connectivity index (χ3n) is 3.67. The fourth-order valence-electron chi connectivity index (χ4n) is 2.57. The molecular weight excluding hydrogens is 306 g/mol. The molecule has 0 radical (unpaired) electrons. The van der Waals surface area contributed by atoms with E-state index in [0.717, 1.165) is 22.2 Å². The predicted octanol–water partition coefficient (Wildman–Crippen LogP) is 4.82. The molecule has 0 unspecified atom stereocenters. The number of aromatic nitrogens is 3. The van der Waals surface area contributed by atoms with E-state index in [1.54, 1.807) is 11.8 Å². The van der Waals surface area contributed by atoms with Crippen LogP contribution in [0.1, 0.15) is 11.1 Å². The largest absolute Gasteiger partial charge is 0.411 e. The molecule has 2 aromatic carbocycles. The third-order valence-corrected chi connectivity index (χ3v) is 4.56. The lowest BCUT2D eigenvalue weighted by Gasteiger charge is -1.99. The van der Waals surface area contributed by atoms with Crippen LogP contribution < -0.4 is 0 Å². The van der Waals surface area contributed by atoms with Crippen LogP contribution in [0.4, 0.5) is 0 Å². The summed E-state index contributed by atoms with van der Waals surface area (Å²) in [6.45, 7) is 2.09. The van der Waals surface area contributed by atoms with Crippen molar-refractivity contribution in [2.24, 2.45) is 0 Å². The van der Waals surface area contributed by atoms with Crippen LogP contribution in [0, 0.1) is 6.92 Å². The number of hydrogen-bond donors (Lipinski definition) is 1. The first-order valence-electron chi connectivity index (χ1n) is 7.38. The van der Waals surface area contributed by atoms with Crippen LogP contribution in [0.25, 0.3) is 22.4 Å². The fourth-order valence-corrected chi connectivity index (χ4v) is 3.28. The summed E-state index contributed by atoms with van der Waals surface area (Å²) < 4.78 is 5.81. The van der Waals surface area contributed by atoms with Crippen LogP contribution in [-0.4, -0.2) is 15.2 Å². The van der Waals surface area contributed by atoms with Gasteiger partial charge in [0.05, 0.1) is 5.56 Å². The van der Waals surface area contributed by atoms with Crippen molar-refractivity contribution >= 4 is 22.7 Å². The molecule has 4 rings (SSSR count). The number of fused-ring (bicyclic) bond motifs is 1. The number of thioether (sulfide) groups is 1. The van der Waals surface area contributed by atoms with Crippen LogP contribution in [0.3, 0.4) is 0 Å². The van der Waals surface area contributed by atoms with Gasteiger partial charge in [0.25, 0.3) is 11.1 Å². The van der Waals surface area contributed by atoms with Crippen molar-refractivity contribution in [3.63, 3.8) is 0 Å². The summed E-state index contributed by atoms with van der Waals surface area (Å²) in [7, 11) is 0.